The molecule has 20 heavy (non-hydrogen) atoms. The summed E-state index contributed by atoms with van der Waals surface area (Å²) in [6.45, 7) is 5.91. The molecule has 0 aromatic carbocycles. The number of carbonyl (C=O) groups excluding carboxylic acids is 3. The Kier molecular flexibility index (Phi) is 9.13. The van der Waals surface area contributed by atoms with E-state index in [0.717, 1.165) is 0 Å². The van der Waals surface area contributed by atoms with Crippen molar-refractivity contribution < 1.29 is 23.6 Å². The van der Waals surface area contributed by atoms with Crippen LogP contribution in [0.5, 0.6) is 0 Å². The molecule has 112 valence electrons. The van der Waals surface area contributed by atoms with Gasteiger partial charge in [0.15, 0.2) is 6.54 Å². The van der Waals surface area contributed by atoms with E-state index in [-0.39, 0.29) is 31.5 Å². The van der Waals surface area contributed by atoms with Crippen molar-refractivity contribution in [1.82, 2.24) is 0 Å². The maximum atomic E-state index is 11.8. The van der Waals surface area contributed by atoms with Gasteiger partial charge in [0, 0.05) is 0 Å². The van der Waals surface area contributed by atoms with Crippen LogP contribution in [-0.4, -0.2) is 69.0 Å². The molecule has 0 spiro atoms. The maximum absolute atomic E-state index is 11.8. The zero-order chi connectivity index (χ0) is 15.4. The van der Waals surface area contributed by atoms with Crippen LogP contribution in [-0.2, 0) is 19.1 Å². The lowest BCUT2D eigenvalue weighted by atomic mass is 10.2. The molecule has 7 heteroatoms. The van der Waals surface area contributed by atoms with Gasteiger partial charge in [-0.3, -0.25) is 0 Å². The van der Waals surface area contributed by atoms with Gasteiger partial charge in [0.1, 0.15) is 13.1 Å². The van der Waals surface area contributed by atoms with Gasteiger partial charge in [0.05, 0.1) is 26.7 Å². The highest BCUT2D eigenvalue weighted by Crippen LogP contribution is 2.04. The number of nitrogens with zero attached hydrogens (tertiary/aromatic N) is 3. The summed E-state index contributed by atoms with van der Waals surface area (Å²) < 4.78 is 5.44. The van der Waals surface area contributed by atoms with Crippen molar-refractivity contribution in [3.8, 4) is 0 Å². The van der Waals surface area contributed by atoms with Gasteiger partial charge in [0.2, 0.25) is 12.2 Å². The van der Waals surface area contributed by atoms with Crippen LogP contribution in [0.2, 0.25) is 0 Å². The van der Waals surface area contributed by atoms with Gasteiger partial charge in [-0.05, 0) is 5.92 Å². The number of isocyanates is 2. The Morgan fingerprint density at radius 1 is 1.15 bits per heavy atom. The van der Waals surface area contributed by atoms with Gasteiger partial charge in [-0.2, -0.15) is 9.98 Å². The summed E-state index contributed by atoms with van der Waals surface area (Å²) in [4.78, 5) is 38.9. The Morgan fingerprint density at radius 2 is 1.65 bits per heavy atom. The fraction of sp³-hybridized carbons (Fsp3) is 0.769. The molecule has 7 nitrogen and oxygen atoms in total. The number of hydrogen-bond donors (Lipinski definition) is 0. The van der Waals surface area contributed by atoms with E-state index in [9.17, 15) is 14.4 Å². The van der Waals surface area contributed by atoms with Crippen LogP contribution < -0.4 is 0 Å². The standard InChI is InChI=1S/C13H22N3O4/c1-12(2)9-20-13(19)8-16(3,6-4-14-10-17)7-5-15-11-18/h12H,4-9H2,1-3H3/q+1. The molecule has 0 rings (SSSR count). The number of ether oxygens (including phenoxy) is 1. The third-order valence-corrected chi connectivity index (χ3v) is 2.72. The second-order valence-corrected chi connectivity index (χ2v) is 5.25. The molecule has 0 aromatic heterocycles. The molecule has 0 saturated carbocycles. The summed E-state index contributed by atoms with van der Waals surface area (Å²) in [7, 11) is 1.83. The zero-order valence-corrected chi connectivity index (χ0v) is 12.3. The van der Waals surface area contributed by atoms with Crippen LogP contribution in [0.3, 0.4) is 0 Å². The Morgan fingerprint density at radius 3 is 2.05 bits per heavy atom. The van der Waals surface area contributed by atoms with Crippen molar-refractivity contribution in [1.29, 1.82) is 0 Å². The average molecular weight is 284 g/mol. The normalized spacial score (nSPS) is 13.0. The SMILES string of the molecule is CC(C)COC(=O)C[N+](C)(CCN=C=O)CCN=C=O. The van der Waals surface area contributed by atoms with Crippen molar-refractivity contribution in [2.75, 3.05) is 46.4 Å². The van der Waals surface area contributed by atoms with E-state index in [2.05, 4.69) is 9.98 Å². The van der Waals surface area contributed by atoms with Crippen molar-refractivity contribution in [2.24, 2.45) is 15.9 Å². The van der Waals surface area contributed by atoms with Crippen molar-refractivity contribution >= 4 is 18.1 Å². The predicted octanol–water partition coefficient (Wildman–Crippen LogP) is 0.304. The summed E-state index contributed by atoms with van der Waals surface area (Å²) in [5.74, 6) is -0.0385. The van der Waals surface area contributed by atoms with E-state index in [0.29, 0.717) is 24.2 Å². The van der Waals surface area contributed by atoms with Gasteiger partial charge in [-0.15, -0.1) is 0 Å². The minimum Gasteiger partial charge on any atom is -0.461 e. The van der Waals surface area contributed by atoms with Gasteiger partial charge in [0.25, 0.3) is 0 Å². The third kappa shape index (κ3) is 9.16. The van der Waals surface area contributed by atoms with Crippen LogP contribution >= 0.6 is 0 Å². The van der Waals surface area contributed by atoms with Crippen LogP contribution in [0.25, 0.3) is 0 Å². The smallest absolute Gasteiger partial charge is 0.361 e. The molecule has 0 aromatic rings. The number of aliphatic imine (C=N–C) groups is 2. The summed E-state index contributed by atoms with van der Waals surface area (Å²) in [6.07, 6.45) is 2.93. The first kappa shape index (κ1) is 18.2. The second kappa shape index (κ2) is 10.0. The molecule has 0 atom stereocenters. The van der Waals surface area contributed by atoms with Crippen LogP contribution in [0.15, 0.2) is 9.98 Å². The summed E-state index contributed by atoms with van der Waals surface area (Å²) in [6, 6.07) is 0. The Labute approximate surface area is 118 Å². The first-order chi connectivity index (χ1) is 9.43. The zero-order valence-electron chi connectivity index (χ0n) is 12.3. The molecular formula is C13H22N3O4+. The quantitative estimate of drug-likeness (QED) is 0.250. The van der Waals surface area contributed by atoms with Gasteiger partial charge in [-0.25, -0.2) is 14.4 Å². The number of likely N-dealkylation sites (N-methyl/N-ethyl adjacent to an activating group) is 1. The molecule has 0 unspecified atom stereocenters. The minimum absolute atomic E-state index is 0.148. The van der Waals surface area contributed by atoms with E-state index < -0.39 is 0 Å². The van der Waals surface area contributed by atoms with Crippen molar-refractivity contribution in [2.45, 2.75) is 13.8 Å². The lowest BCUT2D eigenvalue weighted by Crippen LogP contribution is -2.51. The molecule has 0 aliphatic heterocycles. The molecule has 0 radical (unpaired) electrons. The third-order valence-electron chi connectivity index (χ3n) is 2.72. The number of esters is 1. The van der Waals surface area contributed by atoms with E-state index in [4.69, 9.17) is 4.74 Å². The molecule has 0 heterocycles. The first-order valence-corrected chi connectivity index (χ1v) is 6.50. The predicted molar refractivity (Wildman–Crippen MR) is 72.6 cm³/mol. The molecule has 0 aliphatic carbocycles. The summed E-state index contributed by atoms with van der Waals surface area (Å²) in [5, 5.41) is 0. The lowest BCUT2D eigenvalue weighted by molar-refractivity contribution is -0.899. The van der Waals surface area contributed by atoms with Gasteiger partial charge < -0.3 is 9.22 Å². The molecule has 0 saturated heterocycles. The number of quaternary nitrogens is 1. The highest BCUT2D eigenvalue weighted by Gasteiger charge is 2.26. The maximum Gasteiger partial charge on any atom is 0.361 e. The Hall–Kier alpha value is -1.81. The monoisotopic (exact) mass is 284 g/mol. The number of carbonyl (C=O) groups is 1. The van der Waals surface area contributed by atoms with Crippen molar-refractivity contribution in [3.63, 3.8) is 0 Å². The van der Waals surface area contributed by atoms with Crippen LogP contribution in [0.1, 0.15) is 13.8 Å². The van der Waals surface area contributed by atoms with E-state index in [1.54, 1.807) is 0 Å². The summed E-state index contributed by atoms with van der Waals surface area (Å²) >= 11 is 0. The topological polar surface area (TPSA) is 85.2 Å². The Balaban J connectivity index is 4.51. The largest absolute Gasteiger partial charge is 0.461 e. The fourth-order valence-corrected chi connectivity index (χ4v) is 1.56. The lowest BCUT2D eigenvalue weighted by Gasteiger charge is -2.32. The number of hydrogen-bond acceptors (Lipinski definition) is 6. The van der Waals surface area contributed by atoms with Crippen LogP contribution in [0.4, 0.5) is 0 Å². The Bertz CT molecular complexity index is 374. The number of rotatable bonds is 10. The molecular weight excluding hydrogens is 262 g/mol. The average Bonchev–Trinajstić information content (AvgIpc) is 2.37. The van der Waals surface area contributed by atoms with E-state index in [1.165, 1.54) is 12.2 Å². The summed E-state index contributed by atoms with van der Waals surface area (Å²) in [5.41, 5.74) is 0. The molecule has 0 aliphatic rings. The molecule has 0 bridgehead atoms. The van der Waals surface area contributed by atoms with Gasteiger partial charge in [-0.1, -0.05) is 13.8 Å². The molecule has 0 fully saturated rings. The minimum atomic E-state index is -0.314. The first-order valence-electron chi connectivity index (χ1n) is 6.50. The molecule has 0 N–H and O–H groups in total. The highest BCUT2D eigenvalue weighted by atomic mass is 16.5. The van der Waals surface area contributed by atoms with Crippen molar-refractivity contribution in [3.05, 3.63) is 0 Å². The second-order valence-electron chi connectivity index (χ2n) is 5.25. The fourth-order valence-electron chi connectivity index (χ4n) is 1.56. The van der Waals surface area contributed by atoms with E-state index in [1.807, 2.05) is 20.9 Å². The molecule has 0 amide bonds. The van der Waals surface area contributed by atoms with Crippen LogP contribution in [0, 0.1) is 5.92 Å². The van der Waals surface area contributed by atoms with Gasteiger partial charge >= 0.3 is 5.97 Å². The van der Waals surface area contributed by atoms with E-state index >= 15 is 0 Å². The highest BCUT2D eigenvalue weighted by molar-refractivity contribution is 5.70.